The maximum absolute atomic E-state index is 14.4. The van der Waals surface area contributed by atoms with Crippen LogP contribution in [0.25, 0.3) is 28.2 Å². The predicted octanol–water partition coefficient (Wildman–Crippen LogP) is 5.62. The second kappa shape index (κ2) is 7.54. The molecule has 4 aromatic rings. The first-order valence-corrected chi connectivity index (χ1v) is 9.48. The molecule has 0 aliphatic rings. The fraction of sp³-hybridized carbons (Fsp3) is 0. The Morgan fingerprint density at radius 1 is 1.14 bits per heavy atom. The summed E-state index contributed by atoms with van der Waals surface area (Å²) in [7, 11) is 0. The minimum absolute atomic E-state index is 0.0511. The van der Waals surface area contributed by atoms with Crippen molar-refractivity contribution in [3.63, 3.8) is 0 Å². The third-order valence-corrected chi connectivity index (χ3v) is 4.98. The van der Waals surface area contributed by atoms with Gasteiger partial charge in [0.05, 0.1) is 11.4 Å². The molecule has 2 aromatic heterocycles. The SMILES string of the molecule is O=C(OS)c1cc(-c2ccc(Cl)cc2)n2nc(-c3ccc(Br)cc3F)cc2n1. The van der Waals surface area contributed by atoms with E-state index >= 15 is 0 Å². The van der Waals surface area contributed by atoms with Gasteiger partial charge in [-0.3, -0.25) is 0 Å². The number of fused-ring (bicyclic) bond motifs is 1. The summed E-state index contributed by atoms with van der Waals surface area (Å²) in [6, 6.07) is 14.8. The summed E-state index contributed by atoms with van der Waals surface area (Å²) in [5.74, 6) is -1.14. The number of halogens is 3. The zero-order chi connectivity index (χ0) is 19.8. The Morgan fingerprint density at radius 2 is 1.89 bits per heavy atom. The second-order valence-electron chi connectivity index (χ2n) is 5.84. The van der Waals surface area contributed by atoms with E-state index in [1.807, 2.05) is 0 Å². The number of carbonyl (C=O) groups excluding carboxylic acids is 1. The van der Waals surface area contributed by atoms with Crippen LogP contribution in [0.1, 0.15) is 10.5 Å². The molecule has 0 radical (unpaired) electrons. The number of carbonyl (C=O) groups is 1. The molecule has 28 heavy (non-hydrogen) atoms. The van der Waals surface area contributed by atoms with E-state index in [-0.39, 0.29) is 5.69 Å². The average molecular weight is 479 g/mol. The highest BCUT2D eigenvalue weighted by molar-refractivity contribution is 9.10. The van der Waals surface area contributed by atoms with Crippen LogP contribution < -0.4 is 0 Å². The molecule has 140 valence electrons. The van der Waals surface area contributed by atoms with Gasteiger partial charge in [0, 0.05) is 39.6 Å². The van der Waals surface area contributed by atoms with Crippen molar-refractivity contribution >= 4 is 52.1 Å². The lowest BCUT2D eigenvalue weighted by Gasteiger charge is -2.07. The first kappa shape index (κ1) is 18.9. The van der Waals surface area contributed by atoms with Gasteiger partial charge in [0.15, 0.2) is 11.3 Å². The minimum Gasteiger partial charge on any atom is -0.390 e. The lowest BCUT2D eigenvalue weighted by molar-refractivity contribution is 0.0766. The fourth-order valence-corrected chi connectivity index (χ4v) is 3.33. The van der Waals surface area contributed by atoms with Gasteiger partial charge in [-0.15, -0.1) is 0 Å². The molecule has 0 aliphatic heterocycles. The molecule has 0 saturated heterocycles. The zero-order valence-electron chi connectivity index (χ0n) is 13.9. The molecule has 0 atom stereocenters. The summed E-state index contributed by atoms with van der Waals surface area (Å²) in [5.41, 5.74) is 2.42. The van der Waals surface area contributed by atoms with Crippen LogP contribution in [0.4, 0.5) is 4.39 Å². The number of nitrogens with zero attached hydrogens (tertiary/aromatic N) is 3. The molecule has 0 N–H and O–H groups in total. The number of rotatable bonds is 3. The number of thiol groups is 1. The lowest BCUT2D eigenvalue weighted by atomic mass is 10.1. The molecule has 0 saturated carbocycles. The van der Waals surface area contributed by atoms with Gasteiger partial charge in [-0.25, -0.2) is 18.7 Å². The molecule has 0 spiro atoms. The molecule has 5 nitrogen and oxygen atoms in total. The third-order valence-electron chi connectivity index (χ3n) is 4.07. The van der Waals surface area contributed by atoms with Crippen LogP contribution in [0, 0.1) is 5.82 Å². The van der Waals surface area contributed by atoms with Crippen molar-refractivity contribution in [3.05, 3.63) is 75.6 Å². The van der Waals surface area contributed by atoms with Crippen LogP contribution in [0.2, 0.25) is 5.02 Å². The van der Waals surface area contributed by atoms with Crippen LogP contribution in [-0.2, 0) is 4.18 Å². The number of hydrogen-bond acceptors (Lipinski definition) is 5. The molecule has 9 heteroatoms. The van der Waals surface area contributed by atoms with Crippen molar-refractivity contribution in [1.82, 2.24) is 14.6 Å². The van der Waals surface area contributed by atoms with E-state index in [0.29, 0.717) is 32.1 Å². The molecule has 0 fully saturated rings. The third kappa shape index (κ3) is 3.50. The molecule has 0 bridgehead atoms. The van der Waals surface area contributed by atoms with E-state index in [9.17, 15) is 9.18 Å². The Kier molecular flexibility index (Phi) is 5.09. The molecule has 0 amide bonds. The largest absolute Gasteiger partial charge is 0.390 e. The Morgan fingerprint density at radius 3 is 2.57 bits per heavy atom. The highest BCUT2D eigenvalue weighted by Gasteiger charge is 2.18. The smallest absolute Gasteiger partial charge is 0.368 e. The Labute approximate surface area is 177 Å². The van der Waals surface area contributed by atoms with Gasteiger partial charge in [-0.1, -0.05) is 39.7 Å². The number of aromatic nitrogens is 3. The van der Waals surface area contributed by atoms with Crippen molar-refractivity contribution in [2.24, 2.45) is 0 Å². The van der Waals surface area contributed by atoms with E-state index in [1.54, 1.807) is 42.5 Å². The van der Waals surface area contributed by atoms with Gasteiger partial charge in [-0.2, -0.15) is 5.10 Å². The average Bonchev–Trinajstić information content (AvgIpc) is 3.11. The second-order valence-corrected chi connectivity index (χ2v) is 7.37. The normalized spacial score (nSPS) is 11.0. The van der Waals surface area contributed by atoms with Crippen molar-refractivity contribution in [2.45, 2.75) is 0 Å². The highest BCUT2D eigenvalue weighted by atomic mass is 79.9. The molecule has 4 rings (SSSR count). The van der Waals surface area contributed by atoms with Gasteiger partial charge < -0.3 is 4.18 Å². The van der Waals surface area contributed by atoms with Gasteiger partial charge in [0.2, 0.25) is 0 Å². The van der Waals surface area contributed by atoms with Crippen LogP contribution in [-0.4, -0.2) is 20.6 Å². The summed E-state index contributed by atoms with van der Waals surface area (Å²) >= 11 is 12.8. The van der Waals surface area contributed by atoms with Crippen molar-refractivity contribution < 1.29 is 13.4 Å². The first-order valence-electron chi connectivity index (χ1n) is 7.94. The van der Waals surface area contributed by atoms with Crippen LogP contribution in [0.5, 0.6) is 0 Å². The van der Waals surface area contributed by atoms with Crippen molar-refractivity contribution in [2.75, 3.05) is 0 Å². The molecular weight excluding hydrogens is 469 g/mol. The number of hydrogen-bond donors (Lipinski definition) is 1. The van der Waals surface area contributed by atoms with Crippen LogP contribution in [0.15, 0.2) is 59.1 Å². The fourth-order valence-electron chi connectivity index (χ4n) is 2.78. The molecule has 2 heterocycles. The van der Waals surface area contributed by atoms with E-state index in [1.165, 1.54) is 16.6 Å². The van der Waals surface area contributed by atoms with Gasteiger partial charge >= 0.3 is 5.97 Å². The predicted molar refractivity (Wildman–Crippen MR) is 111 cm³/mol. The van der Waals surface area contributed by atoms with Crippen molar-refractivity contribution in [1.29, 1.82) is 0 Å². The standard InChI is InChI=1S/C19H10BrClFN3O2S/c20-11-3-6-13(14(22)7-11)15-9-18-23-16(19(26)27-28)8-17(25(18)24-15)10-1-4-12(21)5-2-10/h1-9,28H. The monoisotopic (exact) mass is 477 g/mol. The Balaban J connectivity index is 1.96. The summed E-state index contributed by atoms with van der Waals surface area (Å²) < 4.78 is 21.1. The highest BCUT2D eigenvalue weighted by Crippen LogP contribution is 2.29. The van der Waals surface area contributed by atoms with Crippen LogP contribution >= 0.6 is 40.4 Å². The summed E-state index contributed by atoms with van der Waals surface area (Å²) in [6.07, 6.45) is 0. The molecular formula is C19H10BrClFN3O2S. The molecule has 0 unspecified atom stereocenters. The van der Waals surface area contributed by atoms with E-state index in [0.717, 1.165) is 5.56 Å². The summed E-state index contributed by atoms with van der Waals surface area (Å²) in [5, 5.41) is 5.06. The Hall–Kier alpha value is -2.42. The van der Waals surface area contributed by atoms with E-state index in [4.69, 9.17) is 11.6 Å². The summed E-state index contributed by atoms with van der Waals surface area (Å²) in [4.78, 5) is 16.2. The lowest BCUT2D eigenvalue weighted by Crippen LogP contribution is -2.06. The molecule has 2 aromatic carbocycles. The number of benzene rings is 2. The zero-order valence-corrected chi connectivity index (χ0v) is 17.2. The topological polar surface area (TPSA) is 56.5 Å². The first-order chi connectivity index (χ1) is 13.5. The summed E-state index contributed by atoms with van der Waals surface area (Å²) in [6.45, 7) is 0. The van der Waals surface area contributed by atoms with E-state index < -0.39 is 11.8 Å². The quantitative estimate of drug-likeness (QED) is 0.307. The maximum atomic E-state index is 14.4. The van der Waals surface area contributed by atoms with Gasteiger partial charge in [0.25, 0.3) is 0 Å². The van der Waals surface area contributed by atoms with Gasteiger partial charge in [-0.05, 0) is 36.4 Å². The van der Waals surface area contributed by atoms with Crippen molar-refractivity contribution in [3.8, 4) is 22.5 Å². The maximum Gasteiger partial charge on any atom is 0.368 e. The molecule has 0 aliphatic carbocycles. The van der Waals surface area contributed by atoms with Crippen LogP contribution in [0.3, 0.4) is 0 Å². The van der Waals surface area contributed by atoms with E-state index in [2.05, 4.69) is 43.1 Å². The van der Waals surface area contributed by atoms with Gasteiger partial charge in [0.1, 0.15) is 5.82 Å². The minimum atomic E-state index is -0.710. The Bertz CT molecular complexity index is 1210.